The molecule has 0 aliphatic rings. The topological polar surface area (TPSA) is 95.9 Å². The van der Waals surface area contributed by atoms with Crippen molar-refractivity contribution >= 4 is 18.0 Å². The van der Waals surface area contributed by atoms with E-state index < -0.39 is 24.0 Å². The molecule has 1 aromatic carbocycles. The average Bonchev–Trinajstić information content (AvgIpc) is 2.42. The van der Waals surface area contributed by atoms with Crippen molar-refractivity contribution in [3.8, 4) is 5.75 Å². The Morgan fingerprint density at radius 2 is 1.90 bits per heavy atom. The lowest BCUT2D eigenvalue weighted by atomic mass is 10.1. The number of carbonyl (C=O) groups excluding carboxylic acids is 1. The van der Waals surface area contributed by atoms with Crippen LogP contribution in [0.25, 0.3) is 6.08 Å². The molecule has 2 atom stereocenters. The summed E-state index contributed by atoms with van der Waals surface area (Å²) in [6.45, 7) is 1.30. The van der Waals surface area contributed by atoms with E-state index in [1.807, 2.05) is 0 Å². The van der Waals surface area contributed by atoms with E-state index in [9.17, 15) is 14.7 Å². The third-order valence-corrected chi connectivity index (χ3v) is 2.59. The zero-order valence-corrected chi connectivity index (χ0v) is 11.2. The maximum Gasteiger partial charge on any atom is 0.328 e. The zero-order valence-electron chi connectivity index (χ0n) is 11.2. The number of hydrogen-bond donors (Lipinski definition) is 3. The van der Waals surface area contributed by atoms with Gasteiger partial charge in [0.2, 0.25) is 5.91 Å². The highest BCUT2D eigenvalue weighted by Crippen LogP contribution is 2.12. The summed E-state index contributed by atoms with van der Waals surface area (Å²) in [4.78, 5) is 22.4. The van der Waals surface area contributed by atoms with Gasteiger partial charge in [0.1, 0.15) is 5.75 Å². The molecule has 0 bridgehead atoms. The van der Waals surface area contributed by atoms with Crippen LogP contribution in [0, 0.1) is 0 Å². The van der Waals surface area contributed by atoms with Crippen molar-refractivity contribution in [2.24, 2.45) is 0 Å². The Balaban J connectivity index is 2.64. The number of aliphatic hydroxyl groups is 1. The molecule has 0 unspecified atom stereocenters. The molecule has 0 spiro atoms. The lowest BCUT2D eigenvalue weighted by Crippen LogP contribution is -2.47. The summed E-state index contributed by atoms with van der Waals surface area (Å²) < 4.78 is 5.00. The number of hydrogen-bond acceptors (Lipinski definition) is 4. The number of amides is 1. The van der Waals surface area contributed by atoms with Gasteiger partial charge < -0.3 is 20.3 Å². The van der Waals surface area contributed by atoms with Crippen LogP contribution < -0.4 is 10.1 Å². The van der Waals surface area contributed by atoms with Crippen LogP contribution in [0.4, 0.5) is 0 Å². The van der Waals surface area contributed by atoms with E-state index in [-0.39, 0.29) is 0 Å². The first-order valence-corrected chi connectivity index (χ1v) is 5.97. The summed E-state index contributed by atoms with van der Waals surface area (Å²) in [6, 6.07) is 5.67. The summed E-state index contributed by atoms with van der Waals surface area (Å²) in [5, 5.41) is 20.3. The molecule has 20 heavy (non-hydrogen) atoms. The molecule has 3 N–H and O–H groups in total. The monoisotopic (exact) mass is 279 g/mol. The molecule has 1 rings (SSSR count). The van der Waals surface area contributed by atoms with Crippen molar-refractivity contribution in [2.75, 3.05) is 7.11 Å². The molecule has 0 radical (unpaired) electrons. The summed E-state index contributed by atoms with van der Waals surface area (Å²) in [7, 11) is 1.56. The van der Waals surface area contributed by atoms with Gasteiger partial charge in [0.25, 0.3) is 0 Å². The van der Waals surface area contributed by atoms with Crippen molar-refractivity contribution in [3.63, 3.8) is 0 Å². The molecule has 6 nitrogen and oxygen atoms in total. The van der Waals surface area contributed by atoms with E-state index in [1.165, 1.54) is 19.1 Å². The van der Waals surface area contributed by atoms with Crippen LogP contribution in [0.1, 0.15) is 12.5 Å². The first kappa shape index (κ1) is 15.7. The van der Waals surface area contributed by atoms with Gasteiger partial charge in [0.15, 0.2) is 6.04 Å². The van der Waals surface area contributed by atoms with Crippen LogP contribution in [-0.2, 0) is 9.59 Å². The predicted molar refractivity (Wildman–Crippen MR) is 73.3 cm³/mol. The van der Waals surface area contributed by atoms with Gasteiger partial charge in [-0.3, -0.25) is 4.79 Å². The van der Waals surface area contributed by atoms with Gasteiger partial charge >= 0.3 is 5.97 Å². The SMILES string of the molecule is COc1ccc(C=CC(=O)N[C@H](C(=O)O)[C@@H](C)O)cc1. The Labute approximate surface area is 116 Å². The molecule has 1 aromatic rings. The minimum atomic E-state index is -1.33. The summed E-state index contributed by atoms with van der Waals surface area (Å²) in [6.07, 6.45) is 1.57. The van der Waals surface area contributed by atoms with Gasteiger partial charge in [0.05, 0.1) is 13.2 Å². The van der Waals surface area contributed by atoms with Crippen LogP contribution in [0.3, 0.4) is 0 Å². The molecule has 0 saturated heterocycles. The molecule has 0 saturated carbocycles. The van der Waals surface area contributed by atoms with Gasteiger partial charge in [-0.15, -0.1) is 0 Å². The fourth-order valence-corrected chi connectivity index (χ4v) is 1.48. The Morgan fingerprint density at radius 1 is 1.30 bits per heavy atom. The van der Waals surface area contributed by atoms with Crippen LogP contribution in [0.2, 0.25) is 0 Å². The first-order chi connectivity index (χ1) is 9.43. The molecule has 108 valence electrons. The molecule has 0 heterocycles. The fourth-order valence-electron chi connectivity index (χ4n) is 1.48. The van der Waals surface area contributed by atoms with Crippen LogP contribution >= 0.6 is 0 Å². The molecule has 1 amide bonds. The van der Waals surface area contributed by atoms with Gasteiger partial charge in [-0.2, -0.15) is 0 Å². The summed E-state index contributed by atoms with van der Waals surface area (Å²) >= 11 is 0. The van der Waals surface area contributed by atoms with Crippen LogP contribution in [0.15, 0.2) is 30.3 Å². The Bertz CT molecular complexity index is 493. The second-order valence-corrected chi connectivity index (χ2v) is 4.17. The number of methoxy groups -OCH3 is 1. The maximum atomic E-state index is 11.6. The first-order valence-electron chi connectivity index (χ1n) is 5.97. The highest BCUT2D eigenvalue weighted by atomic mass is 16.5. The molecule has 0 aromatic heterocycles. The molecule has 6 heteroatoms. The minimum absolute atomic E-state index is 0.589. The van der Waals surface area contributed by atoms with Crippen molar-refractivity contribution in [2.45, 2.75) is 19.1 Å². The average molecular weight is 279 g/mol. The summed E-state index contributed by atoms with van der Waals surface area (Å²) in [5.41, 5.74) is 0.768. The van der Waals surface area contributed by atoms with Gasteiger partial charge in [-0.25, -0.2) is 4.79 Å². The van der Waals surface area contributed by atoms with Crippen molar-refractivity contribution in [3.05, 3.63) is 35.9 Å². The third kappa shape index (κ3) is 4.74. The van der Waals surface area contributed by atoms with E-state index in [0.29, 0.717) is 5.75 Å². The number of aliphatic carboxylic acids is 1. The van der Waals surface area contributed by atoms with E-state index in [0.717, 1.165) is 5.56 Å². The standard InChI is InChI=1S/C14H17NO5/c1-9(16)13(14(18)19)15-12(17)8-5-10-3-6-11(20-2)7-4-10/h3-9,13,16H,1-2H3,(H,15,17)(H,18,19)/t9-,13+/m1/s1. The lowest BCUT2D eigenvalue weighted by molar-refractivity contribution is -0.144. The number of carboxylic acids is 1. The summed E-state index contributed by atoms with van der Waals surface area (Å²) in [5.74, 6) is -1.17. The smallest absolute Gasteiger partial charge is 0.328 e. The number of carboxylic acid groups (broad SMARTS) is 1. The number of carbonyl (C=O) groups is 2. The van der Waals surface area contributed by atoms with Crippen molar-refractivity contribution in [1.82, 2.24) is 5.32 Å². The van der Waals surface area contributed by atoms with Gasteiger partial charge in [0, 0.05) is 6.08 Å². The highest BCUT2D eigenvalue weighted by Gasteiger charge is 2.23. The largest absolute Gasteiger partial charge is 0.497 e. The molecular formula is C14H17NO5. The van der Waals surface area contributed by atoms with Crippen LogP contribution in [0.5, 0.6) is 5.75 Å². The second-order valence-electron chi connectivity index (χ2n) is 4.17. The van der Waals surface area contributed by atoms with E-state index >= 15 is 0 Å². The Hall–Kier alpha value is -2.34. The van der Waals surface area contributed by atoms with Gasteiger partial charge in [-0.1, -0.05) is 12.1 Å². The third-order valence-electron chi connectivity index (χ3n) is 2.59. The molecule has 0 aliphatic carbocycles. The number of aliphatic hydroxyl groups excluding tert-OH is 1. The minimum Gasteiger partial charge on any atom is -0.497 e. The van der Waals surface area contributed by atoms with Crippen LogP contribution in [-0.4, -0.2) is 41.3 Å². The fraction of sp³-hybridized carbons (Fsp3) is 0.286. The van der Waals surface area contributed by atoms with Crippen molar-refractivity contribution < 1.29 is 24.5 Å². The molecular weight excluding hydrogens is 262 g/mol. The van der Waals surface area contributed by atoms with Gasteiger partial charge in [-0.05, 0) is 30.7 Å². The molecule has 0 aliphatic heterocycles. The Kier molecular flexibility index (Phi) is 5.74. The highest BCUT2D eigenvalue weighted by molar-refractivity contribution is 5.94. The molecule has 0 fully saturated rings. The van der Waals surface area contributed by atoms with Crippen molar-refractivity contribution in [1.29, 1.82) is 0 Å². The lowest BCUT2D eigenvalue weighted by Gasteiger charge is -2.15. The number of ether oxygens (including phenoxy) is 1. The van der Waals surface area contributed by atoms with E-state index in [2.05, 4.69) is 5.32 Å². The maximum absolute atomic E-state index is 11.6. The quantitative estimate of drug-likeness (QED) is 0.665. The predicted octanol–water partition coefficient (Wildman–Crippen LogP) is 0.659. The number of benzene rings is 1. The van der Waals surface area contributed by atoms with E-state index in [4.69, 9.17) is 9.84 Å². The number of rotatable bonds is 6. The Morgan fingerprint density at radius 3 is 2.35 bits per heavy atom. The second kappa shape index (κ2) is 7.30. The normalized spacial score (nSPS) is 13.8. The number of nitrogens with one attached hydrogen (secondary N) is 1. The zero-order chi connectivity index (χ0) is 15.1. The van der Waals surface area contributed by atoms with E-state index in [1.54, 1.807) is 31.4 Å².